The van der Waals surface area contributed by atoms with E-state index in [-0.39, 0.29) is 18.9 Å². The average molecular weight is 207 g/mol. The molecule has 1 saturated heterocycles. The van der Waals surface area contributed by atoms with E-state index in [1.165, 1.54) is 32.4 Å². The molecule has 1 fully saturated rings. The van der Waals surface area contributed by atoms with Crippen LogP contribution in [0.3, 0.4) is 0 Å². The fraction of sp³-hybridized carbons (Fsp3) is 0.571. The largest absolute Gasteiger partial charge is 1.00 e. The third-order valence-electron chi connectivity index (χ3n) is 4.16. The van der Waals surface area contributed by atoms with Crippen molar-refractivity contribution in [3.05, 3.63) is 35.4 Å². The summed E-state index contributed by atoms with van der Waals surface area (Å²) in [6.45, 7) is 4.80. The molecule has 80 valence electrons. The van der Waals surface area contributed by atoms with E-state index in [2.05, 4.69) is 36.1 Å². The molecule has 0 bridgehead atoms. The van der Waals surface area contributed by atoms with Crippen molar-refractivity contribution in [2.24, 2.45) is 0 Å². The van der Waals surface area contributed by atoms with Crippen molar-refractivity contribution in [1.29, 1.82) is 0 Å². The van der Waals surface area contributed by atoms with Crippen LogP contribution >= 0.6 is 0 Å². The molecule has 2 aliphatic rings. The molecule has 0 spiro atoms. The number of hydrogen-bond donors (Lipinski definition) is 0. The second-order valence-corrected chi connectivity index (χ2v) is 4.75. The van der Waals surface area contributed by atoms with Gasteiger partial charge in [-0.15, -0.1) is 5.56 Å². The zero-order valence-corrected chi connectivity index (χ0v) is 10.4. The van der Waals surface area contributed by atoms with E-state index in [9.17, 15) is 0 Å². The fourth-order valence-electron chi connectivity index (χ4n) is 3.42. The van der Waals surface area contributed by atoms with E-state index in [1.807, 2.05) is 0 Å². The van der Waals surface area contributed by atoms with Gasteiger partial charge in [0.15, 0.2) is 0 Å². The van der Waals surface area contributed by atoms with E-state index >= 15 is 0 Å². The molecule has 0 unspecified atom stereocenters. The topological polar surface area (TPSA) is 3.24 Å². The van der Waals surface area contributed by atoms with Crippen molar-refractivity contribution in [1.82, 2.24) is 4.90 Å². The van der Waals surface area contributed by atoms with E-state index < -0.39 is 0 Å². The SMILES string of the molecule is CCN1CC[C@H]2c3cc[c-]cc3CC[C@H]21.[Li+]. The maximum atomic E-state index is 3.21. The van der Waals surface area contributed by atoms with Crippen molar-refractivity contribution in [3.8, 4) is 0 Å². The Hall–Kier alpha value is -0.223. The van der Waals surface area contributed by atoms with Gasteiger partial charge in [0.05, 0.1) is 0 Å². The molecule has 0 N–H and O–H groups in total. The Labute approximate surface area is 110 Å². The maximum Gasteiger partial charge on any atom is 1.00 e. The van der Waals surface area contributed by atoms with Crippen LogP contribution in [0.15, 0.2) is 18.2 Å². The van der Waals surface area contributed by atoms with Crippen LogP contribution in [0, 0.1) is 6.07 Å². The zero-order valence-electron chi connectivity index (χ0n) is 10.4. The zero-order chi connectivity index (χ0) is 10.3. The molecule has 16 heavy (non-hydrogen) atoms. The number of nitrogens with zero attached hydrogens (tertiary/aromatic N) is 1. The molecule has 1 aromatic rings. The Bertz CT molecular complexity index is 364. The van der Waals surface area contributed by atoms with Crippen LogP contribution in [0.1, 0.15) is 36.8 Å². The summed E-state index contributed by atoms with van der Waals surface area (Å²) < 4.78 is 0. The average Bonchev–Trinajstić information content (AvgIpc) is 2.72. The van der Waals surface area contributed by atoms with Crippen molar-refractivity contribution >= 4 is 0 Å². The molecule has 2 atom stereocenters. The molecule has 0 aromatic heterocycles. The smallest absolute Gasteiger partial charge is 0.300 e. The van der Waals surface area contributed by atoms with Gasteiger partial charge in [-0.2, -0.15) is 29.8 Å². The third kappa shape index (κ3) is 1.86. The van der Waals surface area contributed by atoms with Crippen LogP contribution in [0.4, 0.5) is 0 Å². The Balaban J connectivity index is 0.000000963. The van der Waals surface area contributed by atoms with E-state index in [0.29, 0.717) is 0 Å². The first-order valence-corrected chi connectivity index (χ1v) is 6.13. The van der Waals surface area contributed by atoms with Gasteiger partial charge in [-0.3, -0.25) is 0 Å². The standard InChI is InChI=1S/C14H18N.Li/c1-2-15-10-9-13-12-6-4-3-5-11(12)7-8-14(13)15;/h4-6,13-14H,2,7-10H2,1H3;/q-1;+1/t13-,14+;/m0./s1. The Morgan fingerprint density at radius 1 is 1.44 bits per heavy atom. The summed E-state index contributed by atoms with van der Waals surface area (Å²) in [4.78, 5) is 2.66. The first-order valence-electron chi connectivity index (χ1n) is 6.13. The third-order valence-corrected chi connectivity index (χ3v) is 4.16. The first-order chi connectivity index (χ1) is 7.40. The number of benzene rings is 1. The number of likely N-dealkylation sites (tertiary alicyclic amines) is 1. The fourth-order valence-corrected chi connectivity index (χ4v) is 3.42. The predicted molar refractivity (Wildman–Crippen MR) is 62.0 cm³/mol. The van der Waals surface area contributed by atoms with Gasteiger partial charge in [-0.1, -0.05) is 13.3 Å². The van der Waals surface area contributed by atoms with Crippen molar-refractivity contribution < 1.29 is 18.9 Å². The molecule has 0 saturated carbocycles. The summed E-state index contributed by atoms with van der Waals surface area (Å²) in [6.07, 6.45) is 3.96. The van der Waals surface area contributed by atoms with Crippen molar-refractivity contribution in [2.75, 3.05) is 13.1 Å². The van der Waals surface area contributed by atoms with Crippen LogP contribution in [0.25, 0.3) is 0 Å². The van der Waals surface area contributed by atoms with Gasteiger partial charge >= 0.3 is 18.9 Å². The first kappa shape index (κ1) is 12.2. The van der Waals surface area contributed by atoms with Gasteiger partial charge in [-0.05, 0) is 31.8 Å². The van der Waals surface area contributed by atoms with Crippen molar-refractivity contribution in [2.45, 2.75) is 38.1 Å². The monoisotopic (exact) mass is 207 g/mol. The quantitative estimate of drug-likeness (QED) is 0.448. The second-order valence-electron chi connectivity index (χ2n) is 4.75. The molecule has 1 nitrogen and oxygen atoms in total. The van der Waals surface area contributed by atoms with Gasteiger partial charge < -0.3 is 4.90 Å². The molecule has 2 heteroatoms. The normalized spacial score (nSPS) is 28.1. The maximum absolute atomic E-state index is 3.21. The second kappa shape index (κ2) is 4.96. The van der Waals surface area contributed by atoms with Crippen LogP contribution in [-0.2, 0) is 6.42 Å². The van der Waals surface area contributed by atoms with E-state index in [1.54, 1.807) is 11.1 Å². The molecule has 0 radical (unpaired) electrons. The molecule has 1 aliphatic carbocycles. The minimum Gasteiger partial charge on any atom is -0.300 e. The Morgan fingerprint density at radius 2 is 2.31 bits per heavy atom. The molecule has 1 aliphatic heterocycles. The summed E-state index contributed by atoms with van der Waals surface area (Å²) in [5.74, 6) is 0.809. The Kier molecular flexibility index (Phi) is 3.80. The number of likely N-dealkylation sites (N-methyl/N-ethyl adjacent to an activating group) is 1. The molecule has 0 amide bonds. The number of fused-ring (bicyclic) bond motifs is 3. The molecular formula is C14H18LiN. The minimum atomic E-state index is 0. The number of aryl methyl sites for hydroxylation is 1. The van der Waals surface area contributed by atoms with Crippen LogP contribution in [-0.4, -0.2) is 24.0 Å². The summed E-state index contributed by atoms with van der Waals surface area (Å²) >= 11 is 0. The van der Waals surface area contributed by atoms with Crippen LogP contribution < -0.4 is 18.9 Å². The van der Waals surface area contributed by atoms with E-state index in [0.717, 1.165) is 12.0 Å². The van der Waals surface area contributed by atoms with Crippen molar-refractivity contribution in [3.63, 3.8) is 0 Å². The van der Waals surface area contributed by atoms with Gasteiger partial charge in [0.2, 0.25) is 0 Å². The number of hydrogen-bond acceptors (Lipinski definition) is 1. The summed E-state index contributed by atoms with van der Waals surface area (Å²) in [7, 11) is 0. The van der Waals surface area contributed by atoms with Crippen LogP contribution in [0.2, 0.25) is 0 Å². The predicted octanol–water partition coefficient (Wildman–Crippen LogP) is -0.385. The van der Waals surface area contributed by atoms with Gasteiger partial charge in [0, 0.05) is 6.04 Å². The number of rotatable bonds is 1. The van der Waals surface area contributed by atoms with Gasteiger partial charge in [-0.25, -0.2) is 0 Å². The van der Waals surface area contributed by atoms with Crippen LogP contribution in [0.5, 0.6) is 0 Å². The van der Waals surface area contributed by atoms with Gasteiger partial charge in [0.25, 0.3) is 0 Å². The molecule has 1 heterocycles. The van der Waals surface area contributed by atoms with E-state index in [4.69, 9.17) is 0 Å². The Morgan fingerprint density at radius 3 is 3.12 bits per heavy atom. The summed E-state index contributed by atoms with van der Waals surface area (Å²) in [5.41, 5.74) is 3.16. The summed E-state index contributed by atoms with van der Waals surface area (Å²) in [6, 6.07) is 10.6. The minimum absolute atomic E-state index is 0. The van der Waals surface area contributed by atoms with Gasteiger partial charge in [0.1, 0.15) is 0 Å². The summed E-state index contributed by atoms with van der Waals surface area (Å²) in [5, 5.41) is 0. The molecule has 1 aromatic carbocycles. The molecule has 3 rings (SSSR count). The molecular weight excluding hydrogens is 189 g/mol.